The molecule has 1 aromatic rings. The number of thiocarbonyl (C=S) groups is 1. The van der Waals surface area contributed by atoms with E-state index in [1.807, 2.05) is 0 Å². The van der Waals surface area contributed by atoms with Crippen molar-refractivity contribution in [3.8, 4) is 0 Å². The van der Waals surface area contributed by atoms with Crippen LogP contribution in [0.4, 0.5) is 10.1 Å². The number of hydrogen-bond donors (Lipinski definition) is 4. The van der Waals surface area contributed by atoms with Crippen molar-refractivity contribution < 1.29 is 19.4 Å². The van der Waals surface area contributed by atoms with Crippen molar-refractivity contribution in [1.82, 2.24) is 10.6 Å². The van der Waals surface area contributed by atoms with Gasteiger partial charge in [-0.15, -0.1) is 0 Å². The topological polar surface area (TPSA) is 84.8 Å². The highest BCUT2D eigenvalue weighted by molar-refractivity contribution is 7.80. The fraction of sp³-hybridized carbons (Fsp3) is 0.529. The monoisotopic (exact) mass is 365 g/mol. The van der Waals surface area contributed by atoms with Crippen LogP contribution in [0.5, 0.6) is 0 Å². The van der Waals surface area contributed by atoms with E-state index in [9.17, 15) is 19.4 Å². The maximum atomic E-state index is 13.3. The molecule has 134 valence electrons. The Labute approximate surface area is 150 Å². The van der Waals surface area contributed by atoms with E-state index in [0.717, 1.165) is 12.8 Å². The molecule has 5 atom stereocenters. The summed E-state index contributed by atoms with van der Waals surface area (Å²) in [5.41, 5.74) is 0.652. The zero-order valence-electron chi connectivity index (χ0n) is 13.4. The van der Waals surface area contributed by atoms with Crippen LogP contribution in [0.15, 0.2) is 24.3 Å². The number of carbonyl (C=O) groups excluding carboxylic acids is 1. The van der Waals surface area contributed by atoms with E-state index in [2.05, 4.69) is 10.6 Å². The Morgan fingerprint density at radius 1 is 1.28 bits per heavy atom. The van der Waals surface area contributed by atoms with Gasteiger partial charge in [0.15, 0.2) is 5.11 Å². The molecule has 25 heavy (non-hydrogen) atoms. The van der Waals surface area contributed by atoms with Gasteiger partial charge in [0.25, 0.3) is 0 Å². The van der Waals surface area contributed by atoms with E-state index in [1.54, 1.807) is 17.0 Å². The van der Waals surface area contributed by atoms with Gasteiger partial charge in [0.05, 0.1) is 24.1 Å². The second-order valence-corrected chi connectivity index (χ2v) is 7.38. The number of amides is 1. The van der Waals surface area contributed by atoms with Crippen molar-refractivity contribution in [2.45, 2.75) is 49.6 Å². The molecule has 0 bridgehead atoms. The minimum absolute atomic E-state index is 0.137. The number of halogens is 1. The fourth-order valence-electron chi connectivity index (χ4n) is 3.78. The van der Waals surface area contributed by atoms with Crippen LogP contribution < -0.4 is 15.5 Å². The van der Waals surface area contributed by atoms with Gasteiger partial charge in [0.2, 0.25) is 5.91 Å². The number of aliphatic hydroxyl groups excluding tert-OH is 2. The van der Waals surface area contributed by atoms with Gasteiger partial charge in [-0.1, -0.05) is 0 Å². The molecule has 1 amide bonds. The van der Waals surface area contributed by atoms with Gasteiger partial charge in [-0.05, 0) is 55.7 Å². The molecule has 0 spiro atoms. The third kappa shape index (κ3) is 2.98. The predicted octanol–water partition coefficient (Wildman–Crippen LogP) is 0.278. The van der Waals surface area contributed by atoms with Gasteiger partial charge in [0.1, 0.15) is 11.9 Å². The zero-order chi connectivity index (χ0) is 17.7. The highest BCUT2D eigenvalue weighted by Crippen LogP contribution is 2.37. The summed E-state index contributed by atoms with van der Waals surface area (Å²) in [5, 5.41) is 26.9. The van der Waals surface area contributed by atoms with Crippen LogP contribution in [0, 0.1) is 11.7 Å². The Morgan fingerprint density at radius 2 is 1.96 bits per heavy atom. The Kier molecular flexibility index (Phi) is 4.13. The van der Waals surface area contributed by atoms with Crippen LogP contribution in [0.25, 0.3) is 0 Å². The van der Waals surface area contributed by atoms with Gasteiger partial charge < -0.3 is 25.7 Å². The number of fused-ring (bicyclic) bond motifs is 1. The summed E-state index contributed by atoms with van der Waals surface area (Å²) < 4.78 is 13.3. The number of rotatable bonds is 3. The molecule has 5 unspecified atom stereocenters. The number of anilines is 1. The first-order valence-corrected chi connectivity index (χ1v) is 8.88. The Balaban J connectivity index is 1.68. The van der Waals surface area contributed by atoms with E-state index in [0.29, 0.717) is 10.8 Å². The minimum atomic E-state index is -1.03. The van der Waals surface area contributed by atoms with Crippen LogP contribution in [0.2, 0.25) is 0 Å². The molecule has 3 fully saturated rings. The van der Waals surface area contributed by atoms with Gasteiger partial charge >= 0.3 is 0 Å². The molecular formula is C17H20FN3O3S. The van der Waals surface area contributed by atoms with Crippen LogP contribution in [0.3, 0.4) is 0 Å². The second-order valence-electron chi connectivity index (χ2n) is 7.00. The second kappa shape index (κ2) is 6.19. The van der Waals surface area contributed by atoms with E-state index in [1.165, 1.54) is 12.1 Å². The van der Waals surface area contributed by atoms with E-state index >= 15 is 0 Å². The third-order valence-corrected chi connectivity index (χ3v) is 5.52. The SMILES string of the molecule is O=C(NC1CC1)C1CC(O)C(O)C2NC(=S)N(c3ccc(F)cc3)C12. The van der Waals surface area contributed by atoms with Crippen molar-refractivity contribution in [2.24, 2.45) is 5.92 Å². The zero-order valence-corrected chi connectivity index (χ0v) is 14.2. The average molecular weight is 365 g/mol. The molecule has 0 aromatic heterocycles. The van der Waals surface area contributed by atoms with Crippen LogP contribution in [-0.4, -0.2) is 51.6 Å². The van der Waals surface area contributed by atoms with Crippen molar-refractivity contribution in [3.63, 3.8) is 0 Å². The maximum absolute atomic E-state index is 13.3. The Bertz CT molecular complexity index is 697. The molecule has 4 N–H and O–H groups in total. The molecule has 6 nitrogen and oxygen atoms in total. The number of aliphatic hydroxyl groups is 2. The Morgan fingerprint density at radius 3 is 2.60 bits per heavy atom. The molecule has 1 heterocycles. The summed E-state index contributed by atoms with van der Waals surface area (Å²) >= 11 is 5.40. The molecular weight excluding hydrogens is 345 g/mol. The minimum Gasteiger partial charge on any atom is -0.390 e. The number of nitrogens with zero attached hydrogens (tertiary/aromatic N) is 1. The molecule has 0 radical (unpaired) electrons. The summed E-state index contributed by atoms with van der Waals surface area (Å²) in [4.78, 5) is 14.5. The van der Waals surface area contributed by atoms with Gasteiger partial charge in [-0.2, -0.15) is 0 Å². The summed E-state index contributed by atoms with van der Waals surface area (Å²) in [7, 11) is 0. The molecule has 1 aromatic carbocycles. The van der Waals surface area contributed by atoms with Gasteiger partial charge in [-0.3, -0.25) is 4.79 Å². The molecule has 2 saturated carbocycles. The van der Waals surface area contributed by atoms with E-state index in [4.69, 9.17) is 12.2 Å². The quantitative estimate of drug-likeness (QED) is 0.576. The van der Waals surface area contributed by atoms with Crippen molar-refractivity contribution in [2.75, 3.05) is 4.90 Å². The smallest absolute Gasteiger partial charge is 0.225 e. The normalized spacial score (nSPS) is 34.4. The van der Waals surface area contributed by atoms with Crippen molar-refractivity contribution in [1.29, 1.82) is 0 Å². The Hall–Kier alpha value is -1.77. The molecule has 3 aliphatic rings. The molecule has 1 aliphatic heterocycles. The van der Waals surface area contributed by atoms with Gasteiger partial charge in [-0.25, -0.2) is 4.39 Å². The lowest BCUT2D eigenvalue weighted by Crippen LogP contribution is -2.61. The van der Waals surface area contributed by atoms with Crippen LogP contribution in [-0.2, 0) is 4.79 Å². The van der Waals surface area contributed by atoms with Crippen LogP contribution in [0.1, 0.15) is 19.3 Å². The molecule has 1 saturated heterocycles. The molecule has 2 aliphatic carbocycles. The van der Waals surface area contributed by atoms with Crippen molar-refractivity contribution in [3.05, 3.63) is 30.1 Å². The highest BCUT2D eigenvalue weighted by atomic mass is 32.1. The van der Waals surface area contributed by atoms with Gasteiger partial charge in [0, 0.05) is 11.7 Å². The number of benzene rings is 1. The van der Waals surface area contributed by atoms with Crippen molar-refractivity contribution >= 4 is 28.9 Å². The van der Waals surface area contributed by atoms with E-state index < -0.39 is 30.2 Å². The lowest BCUT2D eigenvalue weighted by molar-refractivity contribution is -0.131. The average Bonchev–Trinajstić information content (AvgIpc) is 3.32. The maximum Gasteiger partial charge on any atom is 0.225 e. The standard InChI is InChI=1S/C17H20FN3O3S/c18-8-1-5-10(6-2-8)21-14-11(16(24)19-9-3-4-9)7-12(22)15(23)13(14)20-17(21)25/h1-2,5-6,9,11-15,22-23H,3-4,7H2,(H,19,24)(H,20,25). The predicted molar refractivity (Wildman–Crippen MR) is 93.5 cm³/mol. The number of nitrogens with one attached hydrogen (secondary N) is 2. The lowest BCUT2D eigenvalue weighted by atomic mass is 9.77. The first kappa shape index (κ1) is 16.7. The third-order valence-electron chi connectivity index (χ3n) is 5.21. The molecule has 8 heteroatoms. The largest absolute Gasteiger partial charge is 0.390 e. The fourth-order valence-corrected chi connectivity index (χ4v) is 4.14. The lowest BCUT2D eigenvalue weighted by Gasteiger charge is -2.41. The summed E-state index contributed by atoms with van der Waals surface area (Å²) in [5.74, 6) is -1.02. The summed E-state index contributed by atoms with van der Waals surface area (Å²) in [6.07, 6.45) is 0.0627. The highest BCUT2D eigenvalue weighted by Gasteiger charge is 2.54. The summed E-state index contributed by atoms with van der Waals surface area (Å²) in [6, 6.07) is 5.07. The van der Waals surface area contributed by atoms with E-state index in [-0.39, 0.29) is 24.2 Å². The first-order valence-electron chi connectivity index (χ1n) is 8.47. The van der Waals surface area contributed by atoms with Crippen LogP contribution >= 0.6 is 12.2 Å². The molecule has 4 rings (SSSR count). The number of hydrogen-bond acceptors (Lipinski definition) is 4. The summed E-state index contributed by atoms with van der Waals surface area (Å²) in [6.45, 7) is 0. The first-order chi connectivity index (χ1) is 12.0. The number of carbonyl (C=O) groups is 1.